The van der Waals surface area contributed by atoms with Crippen molar-refractivity contribution in [3.63, 3.8) is 0 Å². The average Bonchev–Trinajstić information content (AvgIpc) is 3.09. The standard InChI is InChI=1S/C23H26N4O4/c1-23(2,22(24)30)16-8-5-14(6-9-16)20-26-17-13-15(7-10-18(17)27(20)3)21(29)25-12-11-19(28)31-4/h5-10,13H,11-12H2,1-4H3,(H2,24,30)(H,25,29). The molecule has 0 spiro atoms. The zero-order chi connectivity index (χ0) is 22.8. The summed E-state index contributed by atoms with van der Waals surface area (Å²) in [7, 11) is 3.21. The Balaban J connectivity index is 1.85. The van der Waals surface area contributed by atoms with Gasteiger partial charge in [-0.15, -0.1) is 0 Å². The number of carbonyl (C=O) groups is 3. The van der Waals surface area contributed by atoms with Gasteiger partial charge < -0.3 is 20.4 Å². The third kappa shape index (κ3) is 4.42. The number of amides is 2. The minimum absolute atomic E-state index is 0.112. The van der Waals surface area contributed by atoms with Crippen LogP contribution in [0.5, 0.6) is 0 Å². The van der Waals surface area contributed by atoms with Gasteiger partial charge in [0.2, 0.25) is 5.91 Å². The number of nitrogens with two attached hydrogens (primary N) is 1. The molecule has 1 heterocycles. The lowest BCUT2D eigenvalue weighted by molar-refractivity contribution is -0.140. The number of hydrogen-bond donors (Lipinski definition) is 2. The van der Waals surface area contributed by atoms with Gasteiger partial charge in [0.05, 0.1) is 30.0 Å². The molecule has 0 aliphatic heterocycles. The number of nitrogens with one attached hydrogen (secondary N) is 1. The van der Waals surface area contributed by atoms with Crippen LogP contribution in [0.3, 0.4) is 0 Å². The minimum Gasteiger partial charge on any atom is -0.469 e. The molecule has 0 fully saturated rings. The van der Waals surface area contributed by atoms with Crippen LogP contribution in [-0.4, -0.2) is 41.0 Å². The number of benzene rings is 2. The molecule has 3 N–H and O–H groups in total. The van der Waals surface area contributed by atoms with Crippen molar-refractivity contribution < 1.29 is 19.1 Å². The lowest BCUT2D eigenvalue weighted by Crippen LogP contribution is -2.35. The molecule has 0 saturated heterocycles. The molecular formula is C23H26N4O4. The Labute approximate surface area is 180 Å². The number of esters is 1. The van der Waals surface area contributed by atoms with E-state index in [1.54, 1.807) is 26.0 Å². The number of rotatable bonds is 7. The number of imidazole rings is 1. The van der Waals surface area contributed by atoms with Crippen LogP contribution in [0.25, 0.3) is 22.4 Å². The van der Waals surface area contributed by atoms with Crippen molar-refractivity contribution in [2.45, 2.75) is 25.7 Å². The third-order valence-corrected chi connectivity index (χ3v) is 5.47. The normalized spacial score (nSPS) is 11.4. The predicted octanol–water partition coefficient (Wildman–Crippen LogP) is 2.30. The average molecular weight is 422 g/mol. The van der Waals surface area contributed by atoms with E-state index in [0.717, 1.165) is 22.5 Å². The highest BCUT2D eigenvalue weighted by Crippen LogP contribution is 2.28. The number of fused-ring (bicyclic) bond motifs is 1. The van der Waals surface area contributed by atoms with Crippen molar-refractivity contribution in [2.75, 3.05) is 13.7 Å². The molecule has 2 aromatic carbocycles. The van der Waals surface area contributed by atoms with Gasteiger partial charge in [0.25, 0.3) is 5.91 Å². The molecule has 2 amide bonds. The maximum Gasteiger partial charge on any atom is 0.307 e. The first-order chi connectivity index (χ1) is 14.6. The molecule has 3 rings (SSSR count). The van der Waals surface area contributed by atoms with Gasteiger partial charge in [-0.2, -0.15) is 0 Å². The number of hydrogen-bond acceptors (Lipinski definition) is 5. The van der Waals surface area contributed by atoms with E-state index in [4.69, 9.17) is 10.7 Å². The maximum atomic E-state index is 12.4. The van der Waals surface area contributed by atoms with Crippen molar-refractivity contribution in [3.8, 4) is 11.4 Å². The Morgan fingerprint density at radius 3 is 2.42 bits per heavy atom. The van der Waals surface area contributed by atoms with Crippen LogP contribution < -0.4 is 11.1 Å². The predicted molar refractivity (Wildman–Crippen MR) is 117 cm³/mol. The van der Waals surface area contributed by atoms with E-state index >= 15 is 0 Å². The van der Waals surface area contributed by atoms with Gasteiger partial charge in [-0.3, -0.25) is 14.4 Å². The van der Waals surface area contributed by atoms with E-state index in [-0.39, 0.29) is 30.7 Å². The molecular weight excluding hydrogens is 396 g/mol. The summed E-state index contributed by atoms with van der Waals surface area (Å²) in [5, 5.41) is 2.70. The minimum atomic E-state index is -0.763. The lowest BCUT2D eigenvalue weighted by Gasteiger charge is -2.21. The largest absolute Gasteiger partial charge is 0.469 e. The molecule has 1 aromatic heterocycles. The zero-order valence-corrected chi connectivity index (χ0v) is 18.1. The number of primary amides is 1. The number of aromatic nitrogens is 2. The van der Waals surface area contributed by atoms with Gasteiger partial charge in [-0.05, 0) is 37.6 Å². The van der Waals surface area contributed by atoms with E-state index < -0.39 is 5.41 Å². The molecule has 31 heavy (non-hydrogen) atoms. The summed E-state index contributed by atoms with van der Waals surface area (Å²) in [5.41, 5.74) is 8.47. The first kappa shape index (κ1) is 22.0. The summed E-state index contributed by atoms with van der Waals surface area (Å²) in [4.78, 5) is 39.9. The summed E-state index contributed by atoms with van der Waals surface area (Å²) >= 11 is 0. The molecule has 162 valence electrons. The molecule has 0 unspecified atom stereocenters. The van der Waals surface area contributed by atoms with Crippen molar-refractivity contribution in [1.82, 2.24) is 14.9 Å². The van der Waals surface area contributed by atoms with Gasteiger partial charge in [-0.1, -0.05) is 24.3 Å². The van der Waals surface area contributed by atoms with Crippen LogP contribution in [0, 0.1) is 0 Å². The quantitative estimate of drug-likeness (QED) is 0.567. The smallest absolute Gasteiger partial charge is 0.307 e. The van der Waals surface area contributed by atoms with Crippen LogP contribution >= 0.6 is 0 Å². The lowest BCUT2D eigenvalue weighted by atomic mass is 9.83. The van der Waals surface area contributed by atoms with E-state index in [9.17, 15) is 14.4 Å². The highest BCUT2D eigenvalue weighted by Gasteiger charge is 2.27. The third-order valence-electron chi connectivity index (χ3n) is 5.47. The molecule has 8 nitrogen and oxygen atoms in total. The highest BCUT2D eigenvalue weighted by molar-refractivity contribution is 5.98. The topological polar surface area (TPSA) is 116 Å². The number of nitrogens with zero attached hydrogens (tertiary/aromatic N) is 2. The second-order valence-corrected chi connectivity index (χ2v) is 7.85. The summed E-state index contributed by atoms with van der Waals surface area (Å²) in [6.07, 6.45) is 0.112. The summed E-state index contributed by atoms with van der Waals surface area (Å²) < 4.78 is 6.51. The number of carbonyl (C=O) groups excluding carboxylic acids is 3. The van der Waals surface area contributed by atoms with Crippen LogP contribution in [0.15, 0.2) is 42.5 Å². The Morgan fingerprint density at radius 2 is 1.81 bits per heavy atom. The first-order valence-electron chi connectivity index (χ1n) is 9.87. The van der Waals surface area contributed by atoms with Crippen LogP contribution in [0.1, 0.15) is 36.2 Å². The fraction of sp³-hybridized carbons (Fsp3) is 0.304. The SMILES string of the molecule is COC(=O)CCNC(=O)c1ccc2c(c1)nc(-c1ccc(C(C)(C)C(N)=O)cc1)n2C. The highest BCUT2D eigenvalue weighted by atomic mass is 16.5. The molecule has 0 bridgehead atoms. The fourth-order valence-electron chi connectivity index (χ4n) is 3.26. The Hall–Kier alpha value is -3.68. The van der Waals surface area contributed by atoms with Crippen molar-refractivity contribution >= 4 is 28.8 Å². The summed E-state index contributed by atoms with van der Waals surface area (Å²) in [5.74, 6) is -0.312. The Morgan fingerprint density at radius 1 is 1.13 bits per heavy atom. The van der Waals surface area contributed by atoms with Crippen molar-refractivity contribution in [3.05, 3.63) is 53.6 Å². The molecule has 0 saturated carbocycles. The van der Waals surface area contributed by atoms with Crippen LogP contribution in [0.2, 0.25) is 0 Å². The summed E-state index contributed by atoms with van der Waals surface area (Å²) in [6, 6.07) is 12.8. The van der Waals surface area contributed by atoms with E-state index in [0.29, 0.717) is 11.1 Å². The van der Waals surface area contributed by atoms with E-state index in [2.05, 4.69) is 10.1 Å². The Kier molecular flexibility index (Phi) is 6.10. The molecule has 3 aromatic rings. The second kappa shape index (κ2) is 8.59. The van der Waals surface area contributed by atoms with Gasteiger partial charge in [0.15, 0.2) is 0 Å². The van der Waals surface area contributed by atoms with Gasteiger partial charge in [0.1, 0.15) is 5.82 Å². The summed E-state index contributed by atoms with van der Waals surface area (Å²) in [6.45, 7) is 3.78. The monoisotopic (exact) mass is 422 g/mol. The molecule has 8 heteroatoms. The van der Waals surface area contributed by atoms with Gasteiger partial charge >= 0.3 is 5.97 Å². The van der Waals surface area contributed by atoms with Crippen molar-refractivity contribution in [1.29, 1.82) is 0 Å². The number of methoxy groups -OCH3 is 1. The van der Waals surface area contributed by atoms with Crippen LogP contribution in [-0.2, 0) is 26.8 Å². The van der Waals surface area contributed by atoms with E-state index in [1.807, 2.05) is 41.9 Å². The maximum absolute atomic E-state index is 12.4. The molecule has 0 radical (unpaired) electrons. The van der Waals surface area contributed by atoms with Gasteiger partial charge in [0, 0.05) is 24.7 Å². The zero-order valence-electron chi connectivity index (χ0n) is 18.1. The molecule has 0 aliphatic rings. The fourth-order valence-corrected chi connectivity index (χ4v) is 3.26. The first-order valence-corrected chi connectivity index (χ1v) is 9.87. The Bertz CT molecular complexity index is 1150. The second-order valence-electron chi connectivity index (χ2n) is 7.85. The number of aryl methyl sites for hydroxylation is 1. The van der Waals surface area contributed by atoms with Gasteiger partial charge in [-0.25, -0.2) is 4.98 Å². The van der Waals surface area contributed by atoms with Crippen LogP contribution in [0.4, 0.5) is 0 Å². The van der Waals surface area contributed by atoms with E-state index in [1.165, 1.54) is 7.11 Å². The molecule has 0 aliphatic carbocycles. The van der Waals surface area contributed by atoms with Crippen molar-refractivity contribution in [2.24, 2.45) is 12.8 Å². The molecule has 0 atom stereocenters. The number of ether oxygens (including phenoxy) is 1.